The SMILES string of the molecule is Cc1cccc(C(=O)NCCCOCC(C)C)c1F. The van der Waals surface area contributed by atoms with Gasteiger partial charge in [0, 0.05) is 19.8 Å². The Balaban J connectivity index is 2.30. The van der Waals surface area contributed by atoms with Gasteiger partial charge >= 0.3 is 0 Å². The molecule has 0 bridgehead atoms. The average Bonchev–Trinajstić information content (AvgIpc) is 2.36. The van der Waals surface area contributed by atoms with Crippen molar-refractivity contribution in [2.75, 3.05) is 19.8 Å². The van der Waals surface area contributed by atoms with Crippen molar-refractivity contribution in [3.05, 3.63) is 35.1 Å². The molecule has 0 atom stereocenters. The van der Waals surface area contributed by atoms with E-state index in [1.165, 1.54) is 6.07 Å². The Labute approximate surface area is 114 Å². The fourth-order valence-electron chi connectivity index (χ4n) is 1.61. The van der Waals surface area contributed by atoms with Crippen molar-refractivity contribution in [1.29, 1.82) is 0 Å². The zero-order valence-corrected chi connectivity index (χ0v) is 11.8. The summed E-state index contributed by atoms with van der Waals surface area (Å²) in [6.07, 6.45) is 0.728. The van der Waals surface area contributed by atoms with E-state index in [2.05, 4.69) is 19.2 Å². The van der Waals surface area contributed by atoms with Crippen LogP contribution in [0.3, 0.4) is 0 Å². The second-order valence-corrected chi connectivity index (χ2v) is 5.01. The highest BCUT2D eigenvalue weighted by atomic mass is 19.1. The molecule has 1 rings (SSSR count). The van der Waals surface area contributed by atoms with E-state index in [1.807, 2.05) is 0 Å². The van der Waals surface area contributed by atoms with Crippen molar-refractivity contribution in [2.45, 2.75) is 27.2 Å². The smallest absolute Gasteiger partial charge is 0.254 e. The van der Waals surface area contributed by atoms with Gasteiger partial charge in [-0.1, -0.05) is 26.0 Å². The predicted octanol–water partition coefficient (Wildman–Crippen LogP) is 2.93. The normalized spacial score (nSPS) is 10.8. The number of amides is 1. The Morgan fingerprint density at radius 2 is 2.16 bits per heavy atom. The van der Waals surface area contributed by atoms with Crippen LogP contribution in [0.5, 0.6) is 0 Å². The Morgan fingerprint density at radius 1 is 1.42 bits per heavy atom. The summed E-state index contributed by atoms with van der Waals surface area (Å²) in [7, 11) is 0. The number of hydrogen-bond acceptors (Lipinski definition) is 2. The highest BCUT2D eigenvalue weighted by Gasteiger charge is 2.12. The van der Waals surface area contributed by atoms with E-state index in [-0.39, 0.29) is 11.5 Å². The van der Waals surface area contributed by atoms with Gasteiger partial charge in [0.2, 0.25) is 0 Å². The second kappa shape index (κ2) is 7.89. The third-order valence-electron chi connectivity index (χ3n) is 2.64. The van der Waals surface area contributed by atoms with E-state index < -0.39 is 5.82 Å². The zero-order chi connectivity index (χ0) is 14.3. The van der Waals surface area contributed by atoms with Crippen LogP contribution in [-0.2, 0) is 4.74 Å². The summed E-state index contributed by atoms with van der Waals surface area (Å²) in [5.74, 6) is -0.308. The van der Waals surface area contributed by atoms with Gasteiger partial charge in [-0.25, -0.2) is 4.39 Å². The largest absolute Gasteiger partial charge is 0.381 e. The lowest BCUT2D eigenvalue weighted by molar-refractivity contribution is 0.0921. The summed E-state index contributed by atoms with van der Waals surface area (Å²) < 4.78 is 19.1. The lowest BCUT2D eigenvalue weighted by Gasteiger charge is -2.09. The van der Waals surface area contributed by atoms with Crippen LogP contribution in [0.2, 0.25) is 0 Å². The first kappa shape index (κ1) is 15.6. The quantitative estimate of drug-likeness (QED) is 0.771. The number of nitrogens with one attached hydrogen (secondary N) is 1. The third-order valence-corrected chi connectivity index (χ3v) is 2.64. The van der Waals surface area contributed by atoms with Gasteiger partial charge in [-0.3, -0.25) is 4.79 Å². The summed E-state index contributed by atoms with van der Waals surface area (Å²) in [5.41, 5.74) is 0.580. The standard InChI is InChI=1S/C15H22FNO2/c1-11(2)10-19-9-5-8-17-15(18)13-7-4-6-12(3)14(13)16/h4,6-7,11H,5,8-10H2,1-3H3,(H,17,18). The first-order valence-electron chi connectivity index (χ1n) is 6.63. The molecule has 0 saturated carbocycles. The number of carbonyl (C=O) groups excluding carboxylic acids is 1. The highest BCUT2D eigenvalue weighted by Crippen LogP contribution is 2.11. The molecule has 0 unspecified atom stereocenters. The van der Waals surface area contributed by atoms with Crippen LogP contribution in [0.1, 0.15) is 36.2 Å². The first-order valence-corrected chi connectivity index (χ1v) is 6.63. The molecule has 0 radical (unpaired) electrons. The van der Waals surface area contributed by atoms with E-state index in [9.17, 15) is 9.18 Å². The van der Waals surface area contributed by atoms with E-state index in [4.69, 9.17) is 4.74 Å². The lowest BCUT2D eigenvalue weighted by atomic mass is 10.1. The minimum absolute atomic E-state index is 0.100. The number of benzene rings is 1. The van der Waals surface area contributed by atoms with Crippen LogP contribution >= 0.6 is 0 Å². The number of hydrogen-bond donors (Lipinski definition) is 1. The monoisotopic (exact) mass is 267 g/mol. The summed E-state index contributed by atoms with van der Waals surface area (Å²) in [6.45, 7) is 7.63. The molecule has 0 fully saturated rings. The molecule has 0 aromatic heterocycles. The van der Waals surface area contributed by atoms with Crippen molar-refractivity contribution < 1.29 is 13.9 Å². The fraction of sp³-hybridized carbons (Fsp3) is 0.533. The minimum Gasteiger partial charge on any atom is -0.381 e. The van der Waals surface area contributed by atoms with Crippen LogP contribution in [0, 0.1) is 18.7 Å². The van der Waals surface area contributed by atoms with Gasteiger partial charge in [0.15, 0.2) is 0 Å². The number of rotatable bonds is 7. The van der Waals surface area contributed by atoms with E-state index in [1.54, 1.807) is 19.1 Å². The van der Waals surface area contributed by atoms with Crippen LogP contribution in [0.4, 0.5) is 4.39 Å². The molecule has 0 heterocycles. The molecule has 0 aliphatic rings. The van der Waals surface area contributed by atoms with Gasteiger partial charge in [0.1, 0.15) is 5.82 Å². The molecule has 0 spiro atoms. The fourth-order valence-corrected chi connectivity index (χ4v) is 1.61. The van der Waals surface area contributed by atoms with Gasteiger partial charge in [-0.05, 0) is 30.9 Å². The number of halogens is 1. The van der Waals surface area contributed by atoms with Crippen LogP contribution < -0.4 is 5.32 Å². The van der Waals surface area contributed by atoms with Crippen molar-refractivity contribution >= 4 is 5.91 Å². The molecule has 1 amide bonds. The van der Waals surface area contributed by atoms with Crippen LogP contribution in [0.25, 0.3) is 0 Å². The maximum absolute atomic E-state index is 13.7. The molecule has 1 aromatic carbocycles. The molecule has 1 N–H and O–H groups in total. The molecule has 4 heteroatoms. The maximum Gasteiger partial charge on any atom is 0.254 e. The molecule has 19 heavy (non-hydrogen) atoms. The summed E-state index contributed by atoms with van der Waals surface area (Å²) in [5, 5.41) is 2.70. The van der Waals surface area contributed by atoms with Gasteiger partial charge in [-0.2, -0.15) is 0 Å². The molecular formula is C15H22FNO2. The third kappa shape index (κ3) is 5.39. The average molecular weight is 267 g/mol. The van der Waals surface area contributed by atoms with E-state index in [0.717, 1.165) is 13.0 Å². The summed E-state index contributed by atoms with van der Waals surface area (Å²) in [6, 6.07) is 4.82. The van der Waals surface area contributed by atoms with Crippen LogP contribution in [-0.4, -0.2) is 25.7 Å². The number of carbonyl (C=O) groups is 1. The summed E-state index contributed by atoms with van der Waals surface area (Å²) >= 11 is 0. The Morgan fingerprint density at radius 3 is 2.84 bits per heavy atom. The van der Waals surface area contributed by atoms with Crippen molar-refractivity contribution in [1.82, 2.24) is 5.32 Å². The van der Waals surface area contributed by atoms with Gasteiger partial charge in [0.05, 0.1) is 5.56 Å². The number of ether oxygens (including phenoxy) is 1. The molecule has 3 nitrogen and oxygen atoms in total. The van der Waals surface area contributed by atoms with Gasteiger partial charge in [0.25, 0.3) is 5.91 Å². The van der Waals surface area contributed by atoms with Crippen molar-refractivity contribution in [3.63, 3.8) is 0 Å². The number of aryl methyl sites for hydroxylation is 1. The highest BCUT2D eigenvalue weighted by molar-refractivity contribution is 5.94. The molecule has 0 aliphatic carbocycles. The zero-order valence-electron chi connectivity index (χ0n) is 11.8. The van der Waals surface area contributed by atoms with Gasteiger partial charge < -0.3 is 10.1 Å². The van der Waals surface area contributed by atoms with Crippen molar-refractivity contribution in [3.8, 4) is 0 Å². The van der Waals surface area contributed by atoms with E-state index in [0.29, 0.717) is 24.6 Å². The minimum atomic E-state index is -0.448. The molecule has 106 valence electrons. The molecule has 0 saturated heterocycles. The predicted molar refractivity (Wildman–Crippen MR) is 73.7 cm³/mol. The molecule has 1 aromatic rings. The van der Waals surface area contributed by atoms with E-state index >= 15 is 0 Å². The molecule has 0 aliphatic heterocycles. The van der Waals surface area contributed by atoms with Crippen molar-refractivity contribution in [2.24, 2.45) is 5.92 Å². The Hall–Kier alpha value is -1.42. The van der Waals surface area contributed by atoms with Gasteiger partial charge in [-0.15, -0.1) is 0 Å². The summed E-state index contributed by atoms with van der Waals surface area (Å²) in [4.78, 5) is 11.8. The Bertz CT molecular complexity index is 419. The maximum atomic E-state index is 13.7. The Kier molecular flexibility index (Phi) is 6.50. The second-order valence-electron chi connectivity index (χ2n) is 5.01. The van der Waals surface area contributed by atoms with Crippen LogP contribution in [0.15, 0.2) is 18.2 Å². The topological polar surface area (TPSA) is 38.3 Å². The molecular weight excluding hydrogens is 245 g/mol. The lowest BCUT2D eigenvalue weighted by Crippen LogP contribution is -2.26. The first-order chi connectivity index (χ1) is 9.02.